The molecule has 0 bridgehead atoms. The van der Waals surface area contributed by atoms with Crippen LogP contribution in [0.1, 0.15) is 17.2 Å². The van der Waals surface area contributed by atoms with Gasteiger partial charge >= 0.3 is 6.18 Å². The quantitative estimate of drug-likeness (QED) is 0.815. The lowest BCUT2D eigenvalue weighted by molar-refractivity contribution is -0.137. The number of benzene rings is 2. The zero-order valence-electron chi connectivity index (χ0n) is 15.3. The van der Waals surface area contributed by atoms with Gasteiger partial charge < -0.3 is 10.2 Å². The topological polar surface area (TPSA) is 35.6 Å². The lowest BCUT2D eigenvalue weighted by Crippen LogP contribution is -2.49. The van der Waals surface area contributed by atoms with Gasteiger partial charge in [0.1, 0.15) is 0 Å². The molecule has 0 radical (unpaired) electrons. The predicted molar refractivity (Wildman–Crippen MR) is 103 cm³/mol. The molecule has 28 heavy (non-hydrogen) atoms. The lowest BCUT2D eigenvalue weighted by Gasteiger charge is -2.40. The second-order valence-corrected chi connectivity index (χ2v) is 7.27. The largest absolute Gasteiger partial charge is 0.418 e. The van der Waals surface area contributed by atoms with Crippen LogP contribution in [0.15, 0.2) is 48.5 Å². The number of anilines is 1. The molecule has 1 atom stereocenters. The van der Waals surface area contributed by atoms with Crippen molar-refractivity contribution in [2.75, 3.05) is 38.5 Å². The SMILES string of the molecule is CN1CCN(CC(=O)Nc2c(Cl)cccc2C(F)(F)F)C(c2ccccc2)C1. The number of nitrogens with zero attached hydrogens (tertiary/aromatic N) is 2. The summed E-state index contributed by atoms with van der Waals surface area (Å²) in [6.07, 6.45) is -4.60. The van der Waals surface area contributed by atoms with Gasteiger partial charge in [0, 0.05) is 25.7 Å². The van der Waals surface area contributed by atoms with Crippen LogP contribution in [0.25, 0.3) is 0 Å². The van der Waals surface area contributed by atoms with E-state index in [2.05, 4.69) is 10.2 Å². The Balaban J connectivity index is 1.77. The van der Waals surface area contributed by atoms with E-state index in [9.17, 15) is 18.0 Å². The number of carbonyl (C=O) groups is 1. The number of alkyl halides is 3. The standard InChI is InChI=1S/C20H21ClF3N3O/c1-26-10-11-27(17(12-26)14-6-3-2-4-7-14)13-18(28)25-19-15(20(22,23)24)8-5-9-16(19)21/h2-9,17H,10-13H2,1H3,(H,25,28). The Labute approximate surface area is 166 Å². The van der Waals surface area contributed by atoms with Crippen molar-refractivity contribution in [1.82, 2.24) is 9.80 Å². The molecular formula is C20H21ClF3N3O. The number of likely N-dealkylation sites (N-methyl/N-ethyl adjacent to an activating group) is 1. The Kier molecular flexibility index (Phi) is 6.27. The van der Waals surface area contributed by atoms with Gasteiger partial charge in [-0.25, -0.2) is 0 Å². The highest BCUT2D eigenvalue weighted by Gasteiger charge is 2.35. The van der Waals surface area contributed by atoms with Gasteiger partial charge in [0.05, 0.1) is 22.8 Å². The molecule has 0 saturated carbocycles. The van der Waals surface area contributed by atoms with Gasteiger partial charge in [-0.05, 0) is 24.7 Å². The van der Waals surface area contributed by atoms with Gasteiger partial charge in [0.15, 0.2) is 0 Å². The monoisotopic (exact) mass is 411 g/mol. The average Bonchev–Trinajstić information content (AvgIpc) is 2.64. The molecule has 1 fully saturated rings. The number of halogens is 4. The molecule has 0 aliphatic carbocycles. The van der Waals surface area contributed by atoms with Crippen molar-refractivity contribution in [3.05, 3.63) is 64.7 Å². The number of piperazine rings is 1. The number of amides is 1. The summed E-state index contributed by atoms with van der Waals surface area (Å²) in [4.78, 5) is 16.7. The Bertz CT molecular complexity index is 829. The summed E-state index contributed by atoms with van der Waals surface area (Å²) in [6, 6.07) is 13.2. The summed E-state index contributed by atoms with van der Waals surface area (Å²) >= 11 is 5.93. The molecule has 1 aliphatic rings. The zero-order chi connectivity index (χ0) is 20.3. The molecule has 2 aromatic carbocycles. The van der Waals surface area contributed by atoms with Crippen molar-refractivity contribution >= 4 is 23.2 Å². The molecule has 1 amide bonds. The summed E-state index contributed by atoms with van der Waals surface area (Å²) in [7, 11) is 2.01. The zero-order valence-corrected chi connectivity index (χ0v) is 16.1. The predicted octanol–water partition coefficient (Wildman–Crippen LogP) is 4.29. The smallest absolute Gasteiger partial charge is 0.323 e. The minimum Gasteiger partial charge on any atom is -0.323 e. The van der Waals surface area contributed by atoms with Crippen LogP contribution < -0.4 is 5.32 Å². The van der Waals surface area contributed by atoms with E-state index in [1.165, 1.54) is 12.1 Å². The summed E-state index contributed by atoms with van der Waals surface area (Å²) in [5, 5.41) is 2.23. The third-order valence-electron chi connectivity index (χ3n) is 4.81. The molecule has 1 saturated heterocycles. The van der Waals surface area contributed by atoms with Gasteiger partial charge in [-0.2, -0.15) is 13.2 Å². The number of hydrogen-bond acceptors (Lipinski definition) is 3. The summed E-state index contributed by atoms with van der Waals surface area (Å²) < 4.78 is 39.7. The molecule has 0 aromatic heterocycles. The summed E-state index contributed by atoms with van der Waals surface area (Å²) in [5.74, 6) is -0.524. The van der Waals surface area contributed by atoms with Gasteiger partial charge in [-0.1, -0.05) is 48.0 Å². The molecule has 8 heteroatoms. The Morgan fingerprint density at radius 3 is 2.54 bits per heavy atom. The highest BCUT2D eigenvalue weighted by molar-refractivity contribution is 6.34. The van der Waals surface area contributed by atoms with Crippen LogP contribution in [0.5, 0.6) is 0 Å². The van der Waals surface area contributed by atoms with E-state index < -0.39 is 23.3 Å². The van der Waals surface area contributed by atoms with Crippen LogP contribution in [0.3, 0.4) is 0 Å². The molecule has 150 valence electrons. The first-order chi connectivity index (χ1) is 13.3. The van der Waals surface area contributed by atoms with Crippen molar-refractivity contribution in [3.63, 3.8) is 0 Å². The van der Waals surface area contributed by atoms with Gasteiger partial charge in [-0.3, -0.25) is 9.69 Å². The van der Waals surface area contributed by atoms with Gasteiger partial charge in [0.25, 0.3) is 0 Å². The van der Waals surface area contributed by atoms with E-state index >= 15 is 0 Å². The second-order valence-electron chi connectivity index (χ2n) is 6.87. The lowest BCUT2D eigenvalue weighted by atomic mass is 10.0. The minimum absolute atomic E-state index is 0.0148. The fraction of sp³-hybridized carbons (Fsp3) is 0.350. The third kappa shape index (κ3) is 4.84. The highest BCUT2D eigenvalue weighted by Crippen LogP contribution is 2.38. The summed E-state index contributed by atoms with van der Waals surface area (Å²) in [6.45, 7) is 2.13. The molecule has 3 rings (SSSR count). The van der Waals surface area contributed by atoms with Crippen LogP contribution in [-0.4, -0.2) is 48.9 Å². The second kappa shape index (κ2) is 8.51. The van der Waals surface area contributed by atoms with E-state index in [1.54, 1.807) is 0 Å². The first-order valence-corrected chi connectivity index (χ1v) is 9.26. The van der Waals surface area contributed by atoms with Gasteiger partial charge in [0.2, 0.25) is 5.91 Å². The summed E-state index contributed by atoms with van der Waals surface area (Å²) in [5.41, 5.74) is -0.283. The first-order valence-electron chi connectivity index (χ1n) is 8.89. The number of para-hydroxylation sites is 1. The van der Waals surface area contributed by atoms with Gasteiger partial charge in [-0.15, -0.1) is 0 Å². The van der Waals surface area contributed by atoms with Crippen molar-refractivity contribution in [2.24, 2.45) is 0 Å². The molecular weight excluding hydrogens is 391 g/mol. The van der Waals surface area contributed by atoms with Crippen molar-refractivity contribution in [2.45, 2.75) is 12.2 Å². The molecule has 1 N–H and O–H groups in total. The van der Waals surface area contributed by atoms with E-state index in [1.807, 2.05) is 42.3 Å². The normalized spacial score (nSPS) is 18.8. The molecule has 1 unspecified atom stereocenters. The van der Waals surface area contributed by atoms with Crippen LogP contribution in [0.4, 0.5) is 18.9 Å². The molecule has 4 nitrogen and oxygen atoms in total. The number of hydrogen-bond donors (Lipinski definition) is 1. The molecule has 1 heterocycles. The third-order valence-corrected chi connectivity index (χ3v) is 5.12. The van der Waals surface area contributed by atoms with Crippen molar-refractivity contribution in [3.8, 4) is 0 Å². The Morgan fingerprint density at radius 1 is 1.14 bits per heavy atom. The molecule has 0 spiro atoms. The Hall–Kier alpha value is -2.09. The maximum atomic E-state index is 13.2. The minimum atomic E-state index is -4.60. The van der Waals surface area contributed by atoms with E-state index in [0.717, 1.165) is 24.7 Å². The fourth-order valence-corrected chi connectivity index (χ4v) is 3.61. The van der Waals surface area contributed by atoms with Crippen LogP contribution in [0.2, 0.25) is 5.02 Å². The van der Waals surface area contributed by atoms with E-state index in [-0.39, 0.29) is 17.6 Å². The van der Waals surface area contributed by atoms with Crippen LogP contribution in [0, 0.1) is 0 Å². The molecule has 1 aliphatic heterocycles. The van der Waals surface area contributed by atoms with E-state index in [4.69, 9.17) is 11.6 Å². The van der Waals surface area contributed by atoms with E-state index in [0.29, 0.717) is 6.54 Å². The van der Waals surface area contributed by atoms with Crippen LogP contribution in [-0.2, 0) is 11.0 Å². The fourth-order valence-electron chi connectivity index (χ4n) is 3.39. The number of nitrogens with one attached hydrogen (secondary N) is 1. The highest BCUT2D eigenvalue weighted by atomic mass is 35.5. The van der Waals surface area contributed by atoms with Crippen molar-refractivity contribution in [1.29, 1.82) is 0 Å². The molecule has 2 aromatic rings. The number of rotatable bonds is 4. The first kappa shape index (κ1) is 20.6. The van der Waals surface area contributed by atoms with Crippen LogP contribution >= 0.6 is 11.6 Å². The number of carbonyl (C=O) groups excluding carboxylic acids is 1. The Morgan fingerprint density at radius 2 is 1.86 bits per heavy atom. The average molecular weight is 412 g/mol. The maximum Gasteiger partial charge on any atom is 0.418 e. The maximum absolute atomic E-state index is 13.2. The van der Waals surface area contributed by atoms with Crippen molar-refractivity contribution < 1.29 is 18.0 Å².